The van der Waals surface area contributed by atoms with Gasteiger partial charge in [-0.05, 0) is 38.8 Å². The number of carbonyl (C=O) groups excluding carboxylic acids is 1. The van der Waals surface area contributed by atoms with Crippen LogP contribution in [0, 0.1) is 13.8 Å². The lowest BCUT2D eigenvalue weighted by Crippen LogP contribution is -2.40. The van der Waals surface area contributed by atoms with Crippen LogP contribution in [0.15, 0.2) is 18.2 Å². The summed E-state index contributed by atoms with van der Waals surface area (Å²) < 4.78 is 0. The molecular formula is C16H26N2O2. The molecule has 4 heteroatoms. The van der Waals surface area contributed by atoms with E-state index in [1.807, 2.05) is 39.8 Å². The number of rotatable bonds is 7. The molecule has 2 atom stereocenters. The molecule has 0 heterocycles. The Balaban J connectivity index is 2.50. The highest BCUT2D eigenvalue weighted by molar-refractivity contribution is 5.91. The maximum absolute atomic E-state index is 12.0. The van der Waals surface area contributed by atoms with E-state index < -0.39 is 0 Å². The maximum Gasteiger partial charge on any atom is 0.225 e. The van der Waals surface area contributed by atoms with Crippen LogP contribution in [0.3, 0.4) is 0 Å². The fraction of sp³-hybridized carbons (Fsp3) is 0.562. The highest BCUT2D eigenvalue weighted by atomic mass is 16.3. The first kappa shape index (κ1) is 16.7. The Bertz CT molecular complexity index is 442. The average molecular weight is 278 g/mol. The summed E-state index contributed by atoms with van der Waals surface area (Å²) in [5.74, 6) is -0.00949. The van der Waals surface area contributed by atoms with Crippen molar-refractivity contribution in [3.63, 3.8) is 0 Å². The van der Waals surface area contributed by atoms with Gasteiger partial charge < -0.3 is 15.7 Å². The van der Waals surface area contributed by atoms with Crippen LogP contribution in [0.1, 0.15) is 37.8 Å². The van der Waals surface area contributed by atoms with Gasteiger partial charge in [-0.1, -0.05) is 24.6 Å². The van der Waals surface area contributed by atoms with Crippen molar-refractivity contribution in [3.8, 4) is 0 Å². The van der Waals surface area contributed by atoms with Crippen molar-refractivity contribution in [1.29, 1.82) is 0 Å². The van der Waals surface area contributed by atoms with Gasteiger partial charge in [-0.3, -0.25) is 4.79 Å². The molecule has 0 radical (unpaired) electrons. The summed E-state index contributed by atoms with van der Waals surface area (Å²) in [5.41, 5.74) is 3.12. The van der Waals surface area contributed by atoms with E-state index in [0.29, 0.717) is 6.42 Å². The summed E-state index contributed by atoms with van der Waals surface area (Å²) in [5, 5.41) is 15.3. The monoisotopic (exact) mass is 278 g/mol. The molecule has 0 aliphatic heterocycles. The molecule has 1 amide bonds. The van der Waals surface area contributed by atoms with Gasteiger partial charge in [0.25, 0.3) is 0 Å². The third kappa shape index (κ3) is 5.31. The summed E-state index contributed by atoms with van der Waals surface area (Å²) in [6, 6.07) is 6.07. The van der Waals surface area contributed by atoms with E-state index in [2.05, 4.69) is 16.7 Å². The van der Waals surface area contributed by atoms with Gasteiger partial charge >= 0.3 is 0 Å². The number of hydrogen-bond acceptors (Lipinski definition) is 3. The number of carbonyl (C=O) groups is 1. The van der Waals surface area contributed by atoms with E-state index in [1.54, 1.807) is 0 Å². The Morgan fingerprint density at radius 2 is 2.05 bits per heavy atom. The van der Waals surface area contributed by atoms with Crippen molar-refractivity contribution in [2.75, 3.05) is 11.9 Å². The van der Waals surface area contributed by atoms with E-state index in [0.717, 1.165) is 17.7 Å². The SMILES string of the molecule is CCC(CO)NC(C)CC(=O)Nc1ccc(C)cc1C. The van der Waals surface area contributed by atoms with E-state index in [-0.39, 0.29) is 24.6 Å². The summed E-state index contributed by atoms with van der Waals surface area (Å²) in [4.78, 5) is 12.0. The number of nitrogens with one attached hydrogen (secondary N) is 2. The molecule has 0 aromatic heterocycles. The molecule has 1 aromatic carbocycles. The fourth-order valence-electron chi connectivity index (χ4n) is 2.19. The first-order valence-electron chi connectivity index (χ1n) is 7.20. The number of anilines is 1. The van der Waals surface area contributed by atoms with Gasteiger partial charge in [-0.15, -0.1) is 0 Å². The number of aryl methyl sites for hydroxylation is 2. The predicted octanol–water partition coefficient (Wildman–Crippen LogP) is 2.38. The zero-order valence-corrected chi connectivity index (χ0v) is 12.9. The van der Waals surface area contributed by atoms with Crippen molar-refractivity contribution in [1.82, 2.24) is 5.32 Å². The zero-order chi connectivity index (χ0) is 15.1. The highest BCUT2D eigenvalue weighted by Gasteiger charge is 2.13. The molecule has 1 rings (SSSR count). The minimum Gasteiger partial charge on any atom is -0.395 e. The van der Waals surface area contributed by atoms with Crippen LogP contribution < -0.4 is 10.6 Å². The minimum atomic E-state index is -0.00949. The largest absolute Gasteiger partial charge is 0.395 e. The second kappa shape index (κ2) is 8.02. The van der Waals surface area contributed by atoms with E-state index >= 15 is 0 Å². The molecule has 4 nitrogen and oxygen atoms in total. The zero-order valence-electron chi connectivity index (χ0n) is 12.9. The smallest absolute Gasteiger partial charge is 0.225 e. The van der Waals surface area contributed by atoms with Gasteiger partial charge in [0, 0.05) is 24.2 Å². The van der Waals surface area contributed by atoms with Crippen LogP contribution in [0.25, 0.3) is 0 Å². The van der Waals surface area contributed by atoms with Gasteiger partial charge in [0.05, 0.1) is 6.61 Å². The van der Waals surface area contributed by atoms with Gasteiger partial charge in [0.1, 0.15) is 0 Å². The Labute approximate surface area is 121 Å². The van der Waals surface area contributed by atoms with Crippen molar-refractivity contribution >= 4 is 11.6 Å². The third-order valence-corrected chi connectivity index (χ3v) is 3.38. The van der Waals surface area contributed by atoms with E-state index in [1.165, 1.54) is 5.56 Å². The Morgan fingerprint density at radius 1 is 1.35 bits per heavy atom. The number of aliphatic hydroxyl groups excluding tert-OH is 1. The molecule has 3 N–H and O–H groups in total. The molecule has 20 heavy (non-hydrogen) atoms. The standard InChI is InChI=1S/C16H26N2O2/c1-5-14(10-19)17-13(4)9-16(20)18-15-7-6-11(2)8-12(15)3/h6-8,13-14,17,19H,5,9-10H2,1-4H3,(H,18,20). The second-order valence-corrected chi connectivity index (χ2v) is 5.43. The average Bonchev–Trinajstić information content (AvgIpc) is 2.39. The van der Waals surface area contributed by atoms with E-state index in [9.17, 15) is 4.79 Å². The van der Waals surface area contributed by atoms with Crippen LogP contribution in [0.2, 0.25) is 0 Å². The summed E-state index contributed by atoms with van der Waals surface area (Å²) in [6.07, 6.45) is 1.24. The molecule has 0 aliphatic rings. The van der Waals surface area contributed by atoms with Crippen LogP contribution >= 0.6 is 0 Å². The molecule has 2 unspecified atom stereocenters. The molecule has 0 bridgehead atoms. The maximum atomic E-state index is 12.0. The molecule has 0 saturated carbocycles. The first-order chi connectivity index (χ1) is 9.46. The number of aliphatic hydroxyl groups is 1. The fourth-order valence-corrected chi connectivity index (χ4v) is 2.19. The molecule has 0 fully saturated rings. The lowest BCUT2D eigenvalue weighted by atomic mass is 10.1. The van der Waals surface area contributed by atoms with E-state index in [4.69, 9.17) is 5.11 Å². The molecular weight excluding hydrogens is 252 g/mol. The first-order valence-corrected chi connectivity index (χ1v) is 7.20. The highest BCUT2D eigenvalue weighted by Crippen LogP contribution is 2.16. The van der Waals surface area contributed by atoms with Crippen LogP contribution in [0.5, 0.6) is 0 Å². The minimum absolute atomic E-state index is 0.00949. The Hall–Kier alpha value is -1.39. The summed E-state index contributed by atoms with van der Waals surface area (Å²) in [6.45, 7) is 8.09. The van der Waals surface area contributed by atoms with Crippen molar-refractivity contribution < 1.29 is 9.90 Å². The van der Waals surface area contributed by atoms with Gasteiger partial charge in [0.2, 0.25) is 5.91 Å². The molecule has 0 spiro atoms. The quantitative estimate of drug-likeness (QED) is 0.717. The van der Waals surface area contributed by atoms with Gasteiger partial charge in [-0.25, -0.2) is 0 Å². The topological polar surface area (TPSA) is 61.4 Å². The molecule has 1 aromatic rings. The number of benzene rings is 1. The Morgan fingerprint density at radius 3 is 2.60 bits per heavy atom. The number of hydrogen-bond donors (Lipinski definition) is 3. The van der Waals surface area contributed by atoms with Crippen LogP contribution in [-0.2, 0) is 4.79 Å². The van der Waals surface area contributed by atoms with Gasteiger partial charge in [0.15, 0.2) is 0 Å². The normalized spacial score (nSPS) is 13.8. The lowest BCUT2D eigenvalue weighted by Gasteiger charge is -2.20. The molecule has 0 aliphatic carbocycles. The molecule has 0 saturated heterocycles. The Kier molecular flexibility index (Phi) is 6.68. The van der Waals surface area contributed by atoms with Crippen molar-refractivity contribution in [2.24, 2.45) is 0 Å². The van der Waals surface area contributed by atoms with Gasteiger partial charge in [-0.2, -0.15) is 0 Å². The summed E-state index contributed by atoms with van der Waals surface area (Å²) in [7, 11) is 0. The van der Waals surface area contributed by atoms with Crippen LogP contribution in [-0.4, -0.2) is 29.7 Å². The number of amides is 1. The predicted molar refractivity (Wildman–Crippen MR) is 82.9 cm³/mol. The lowest BCUT2D eigenvalue weighted by molar-refractivity contribution is -0.116. The van der Waals surface area contributed by atoms with Crippen LogP contribution in [0.4, 0.5) is 5.69 Å². The van der Waals surface area contributed by atoms with Crippen molar-refractivity contribution in [3.05, 3.63) is 29.3 Å². The summed E-state index contributed by atoms with van der Waals surface area (Å²) >= 11 is 0. The van der Waals surface area contributed by atoms with Crippen molar-refractivity contribution in [2.45, 2.75) is 52.6 Å². The second-order valence-electron chi connectivity index (χ2n) is 5.43. The third-order valence-electron chi connectivity index (χ3n) is 3.38. The molecule has 112 valence electrons.